The van der Waals surface area contributed by atoms with Crippen LogP contribution in [0.25, 0.3) is 0 Å². The molecule has 0 saturated carbocycles. The van der Waals surface area contributed by atoms with Gasteiger partial charge in [-0.05, 0) is 17.7 Å². The van der Waals surface area contributed by atoms with Gasteiger partial charge in [-0.3, -0.25) is 10.1 Å². The van der Waals surface area contributed by atoms with Crippen LogP contribution in [0.1, 0.15) is 6.42 Å². The standard InChI is InChI=1S/C8H13ClN4O/c1-10-7(14)3-5-11-6-2-4-12-8(9)13-6/h2,4,6,11H,3,5H2,1H3,(H,10,14)(H,12,13). The molecule has 1 aliphatic rings. The molecule has 0 aromatic rings. The molecule has 3 N–H and O–H groups in total. The molecule has 1 amide bonds. The second-order valence-electron chi connectivity index (χ2n) is 2.76. The third-order valence-corrected chi connectivity index (χ3v) is 1.94. The minimum absolute atomic E-state index is 0.0112. The van der Waals surface area contributed by atoms with E-state index in [0.29, 0.717) is 18.3 Å². The van der Waals surface area contributed by atoms with Crippen molar-refractivity contribution >= 4 is 22.8 Å². The van der Waals surface area contributed by atoms with Crippen LogP contribution in [0, 0.1) is 0 Å². The Bertz CT molecular complexity index is 264. The van der Waals surface area contributed by atoms with Crippen LogP contribution in [0.3, 0.4) is 0 Å². The van der Waals surface area contributed by atoms with E-state index in [2.05, 4.69) is 20.9 Å². The molecule has 0 aromatic carbocycles. The fourth-order valence-electron chi connectivity index (χ4n) is 0.994. The summed E-state index contributed by atoms with van der Waals surface area (Å²) in [6, 6.07) is 0. The van der Waals surface area contributed by atoms with E-state index in [-0.39, 0.29) is 12.1 Å². The normalized spacial score (nSPS) is 19.9. The van der Waals surface area contributed by atoms with Crippen LogP contribution < -0.4 is 16.0 Å². The third kappa shape index (κ3) is 3.76. The Hall–Kier alpha value is -1.07. The first-order valence-corrected chi connectivity index (χ1v) is 4.70. The van der Waals surface area contributed by atoms with Crippen molar-refractivity contribution in [2.24, 2.45) is 4.99 Å². The molecule has 1 aliphatic heterocycles. The first-order chi connectivity index (χ1) is 6.72. The molecule has 0 saturated heterocycles. The van der Waals surface area contributed by atoms with Crippen molar-refractivity contribution in [1.82, 2.24) is 16.0 Å². The smallest absolute Gasteiger partial charge is 0.221 e. The number of hydrogen-bond acceptors (Lipinski definition) is 4. The Morgan fingerprint density at radius 1 is 1.79 bits per heavy atom. The van der Waals surface area contributed by atoms with Crippen molar-refractivity contribution < 1.29 is 4.79 Å². The summed E-state index contributed by atoms with van der Waals surface area (Å²) >= 11 is 5.65. The predicted octanol–water partition coefficient (Wildman–Crippen LogP) is -0.250. The highest BCUT2D eigenvalue weighted by Crippen LogP contribution is 1.95. The molecule has 78 valence electrons. The second kappa shape index (κ2) is 5.62. The zero-order chi connectivity index (χ0) is 10.4. The monoisotopic (exact) mass is 216 g/mol. The van der Waals surface area contributed by atoms with Crippen LogP contribution in [-0.2, 0) is 4.79 Å². The summed E-state index contributed by atoms with van der Waals surface area (Å²) in [5.74, 6) is 0.0112. The molecular weight excluding hydrogens is 204 g/mol. The van der Waals surface area contributed by atoms with E-state index in [1.807, 2.05) is 6.08 Å². The van der Waals surface area contributed by atoms with Gasteiger partial charge >= 0.3 is 0 Å². The average Bonchev–Trinajstić information content (AvgIpc) is 2.17. The van der Waals surface area contributed by atoms with Crippen molar-refractivity contribution in [3.63, 3.8) is 0 Å². The number of nitrogens with zero attached hydrogens (tertiary/aromatic N) is 1. The molecule has 0 aromatic heterocycles. The topological polar surface area (TPSA) is 65.5 Å². The van der Waals surface area contributed by atoms with Crippen LogP contribution in [0.2, 0.25) is 0 Å². The molecule has 14 heavy (non-hydrogen) atoms. The summed E-state index contributed by atoms with van der Waals surface area (Å²) in [5.41, 5.74) is 0. The van der Waals surface area contributed by atoms with Crippen LogP contribution in [0.5, 0.6) is 0 Å². The highest BCUT2D eigenvalue weighted by Gasteiger charge is 2.08. The fourth-order valence-corrected chi connectivity index (χ4v) is 1.17. The summed E-state index contributed by atoms with van der Waals surface area (Å²) in [7, 11) is 1.62. The molecule has 0 spiro atoms. The molecular formula is C8H13ClN4O. The lowest BCUT2D eigenvalue weighted by atomic mass is 10.3. The SMILES string of the molecule is CNC(=O)CCNC1C=CN=C(Cl)N1. The summed E-state index contributed by atoms with van der Waals surface area (Å²) in [5, 5.41) is 8.88. The number of amides is 1. The summed E-state index contributed by atoms with van der Waals surface area (Å²) in [6.45, 7) is 0.589. The van der Waals surface area contributed by atoms with Gasteiger partial charge in [0.05, 0.1) is 6.17 Å². The Kier molecular flexibility index (Phi) is 4.42. The minimum Gasteiger partial charge on any atom is -0.359 e. The van der Waals surface area contributed by atoms with E-state index in [4.69, 9.17) is 11.6 Å². The molecule has 0 radical (unpaired) electrons. The maximum absolute atomic E-state index is 10.9. The van der Waals surface area contributed by atoms with Crippen molar-refractivity contribution in [2.45, 2.75) is 12.6 Å². The molecule has 5 nitrogen and oxygen atoms in total. The number of carbonyl (C=O) groups is 1. The van der Waals surface area contributed by atoms with Gasteiger partial charge in [0.2, 0.25) is 5.91 Å². The van der Waals surface area contributed by atoms with Gasteiger partial charge in [0, 0.05) is 26.2 Å². The first kappa shape index (κ1) is 11.0. The van der Waals surface area contributed by atoms with E-state index < -0.39 is 0 Å². The minimum atomic E-state index is -0.0512. The molecule has 1 atom stereocenters. The molecule has 6 heteroatoms. The maximum atomic E-state index is 10.9. The number of rotatable bonds is 4. The first-order valence-electron chi connectivity index (χ1n) is 4.33. The fraction of sp³-hybridized carbons (Fsp3) is 0.500. The number of carbonyl (C=O) groups excluding carboxylic acids is 1. The van der Waals surface area contributed by atoms with Gasteiger partial charge in [-0.2, -0.15) is 0 Å². The second-order valence-corrected chi connectivity index (χ2v) is 3.12. The van der Waals surface area contributed by atoms with Crippen molar-refractivity contribution in [3.05, 3.63) is 12.3 Å². The molecule has 0 aliphatic carbocycles. The highest BCUT2D eigenvalue weighted by molar-refractivity contribution is 6.64. The van der Waals surface area contributed by atoms with E-state index >= 15 is 0 Å². The van der Waals surface area contributed by atoms with Gasteiger partial charge in [0.15, 0.2) is 5.29 Å². The molecule has 1 unspecified atom stereocenters. The van der Waals surface area contributed by atoms with Crippen LogP contribution in [-0.4, -0.2) is 31.0 Å². The van der Waals surface area contributed by atoms with Crippen molar-refractivity contribution in [1.29, 1.82) is 0 Å². The van der Waals surface area contributed by atoms with Crippen LogP contribution in [0.15, 0.2) is 17.3 Å². The van der Waals surface area contributed by atoms with Crippen LogP contribution in [0.4, 0.5) is 0 Å². The molecule has 1 heterocycles. The summed E-state index contributed by atoms with van der Waals surface area (Å²) in [4.78, 5) is 14.7. The zero-order valence-corrected chi connectivity index (χ0v) is 8.64. The number of aliphatic imine (C=N–C) groups is 1. The Balaban J connectivity index is 2.17. The average molecular weight is 217 g/mol. The van der Waals surface area contributed by atoms with Gasteiger partial charge in [-0.25, -0.2) is 4.99 Å². The maximum Gasteiger partial charge on any atom is 0.221 e. The number of nitrogens with one attached hydrogen (secondary N) is 3. The van der Waals surface area contributed by atoms with E-state index in [1.54, 1.807) is 13.2 Å². The third-order valence-electron chi connectivity index (χ3n) is 1.74. The zero-order valence-electron chi connectivity index (χ0n) is 7.88. The Morgan fingerprint density at radius 3 is 3.21 bits per heavy atom. The summed E-state index contributed by atoms with van der Waals surface area (Å²) < 4.78 is 0. The van der Waals surface area contributed by atoms with E-state index in [1.165, 1.54) is 0 Å². The quantitative estimate of drug-likeness (QED) is 0.568. The molecule has 0 fully saturated rings. The Labute approximate surface area is 87.6 Å². The van der Waals surface area contributed by atoms with E-state index in [0.717, 1.165) is 0 Å². The highest BCUT2D eigenvalue weighted by atomic mass is 35.5. The number of halogens is 1. The van der Waals surface area contributed by atoms with Gasteiger partial charge in [0.1, 0.15) is 0 Å². The predicted molar refractivity (Wildman–Crippen MR) is 56.0 cm³/mol. The lowest BCUT2D eigenvalue weighted by Crippen LogP contribution is -2.44. The number of amidine groups is 1. The number of hydrogen-bond donors (Lipinski definition) is 3. The van der Waals surface area contributed by atoms with Gasteiger partial charge in [-0.15, -0.1) is 0 Å². The van der Waals surface area contributed by atoms with E-state index in [9.17, 15) is 4.79 Å². The Morgan fingerprint density at radius 2 is 2.57 bits per heavy atom. The van der Waals surface area contributed by atoms with Crippen molar-refractivity contribution in [3.8, 4) is 0 Å². The lowest BCUT2D eigenvalue weighted by Gasteiger charge is -2.18. The summed E-state index contributed by atoms with van der Waals surface area (Å²) in [6.07, 6.45) is 3.84. The van der Waals surface area contributed by atoms with Gasteiger partial charge in [0.25, 0.3) is 0 Å². The van der Waals surface area contributed by atoms with Crippen molar-refractivity contribution in [2.75, 3.05) is 13.6 Å². The van der Waals surface area contributed by atoms with Crippen LogP contribution >= 0.6 is 11.6 Å². The lowest BCUT2D eigenvalue weighted by molar-refractivity contribution is -0.120. The molecule has 1 rings (SSSR count). The largest absolute Gasteiger partial charge is 0.359 e. The molecule has 0 bridgehead atoms. The van der Waals surface area contributed by atoms with Gasteiger partial charge in [-0.1, -0.05) is 0 Å². The van der Waals surface area contributed by atoms with Gasteiger partial charge < -0.3 is 10.6 Å².